The first-order valence-corrected chi connectivity index (χ1v) is 7.71. The summed E-state index contributed by atoms with van der Waals surface area (Å²) in [7, 11) is 2.17. The van der Waals surface area contributed by atoms with E-state index in [2.05, 4.69) is 29.1 Å². The fourth-order valence-corrected chi connectivity index (χ4v) is 2.41. The van der Waals surface area contributed by atoms with Crippen molar-refractivity contribution in [1.82, 2.24) is 15.1 Å². The van der Waals surface area contributed by atoms with Crippen LogP contribution in [0.1, 0.15) is 13.3 Å². The van der Waals surface area contributed by atoms with Crippen LogP contribution in [-0.4, -0.2) is 73.5 Å². The van der Waals surface area contributed by atoms with Gasteiger partial charge in [0.05, 0.1) is 5.75 Å². The lowest BCUT2D eigenvalue weighted by atomic mass is 10.1. The number of carbonyl (C=O) groups excluding carboxylic acids is 1. The average Bonchev–Trinajstić information content (AvgIpc) is 2.30. The van der Waals surface area contributed by atoms with Crippen molar-refractivity contribution in [3.63, 3.8) is 0 Å². The van der Waals surface area contributed by atoms with Crippen molar-refractivity contribution < 1.29 is 4.79 Å². The summed E-state index contributed by atoms with van der Waals surface area (Å²) in [6, 6.07) is 0.568. The Hall–Kier alpha value is -0.260. The number of hydrogen-bond donors (Lipinski definition) is 1. The first-order chi connectivity index (χ1) is 8.13. The molecule has 1 amide bonds. The second-order valence-corrected chi connectivity index (χ2v) is 5.63. The summed E-state index contributed by atoms with van der Waals surface area (Å²) in [5, 5.41) is 2.97. The molecule has 1 unspecified atom stereocenters. The Morgan fingerprint density at radius 2 is 2.00 bits per heavy atom. The lowest BCUT2D eigenvalue weighted by Gasteiger charge is -2.36. The van der Waals surface area contributed by atoms with Gasteiger partial charge >= 0.3 is 0 Å². The number of nitrogens with zero attached hydrogens (tertiary/aromatic N) is 2. The number of amides is 1. The standard InChI is InChI=1S/C12H25N3OS/c1-11(4-5-13-12(16)10-17-3)15-8-6-14(2)7-9-15/h11H,4-10H2,1-3H3,(H,13,16). The lowest BCUT2D eigenvalue weighted by Crippen LogP contribution is -2.48. The molecule has 1 N–H and O–H groups in total. The highest BCUT2D eigenvalue weighted by molar-refractivity contribution is 7.99. The Bertz CT molecular complexity index is 230. The van der Waals surface area contributed by atoms with Crippen molar-refractivity contribution in [2.75, 3.05) is 51.8 Å². The highest BCUT2D eigenvalue weighted by Crippen LogP contribution is 2.07. The van der Waals surface area contributed by atoms with Gasteiger partial charge < -0.3 is 10.2 Å². The number of hydrogen-bond acceptors (Lipinski definition) is 4. The third kappa shape index (κ3) is 5.75. The molecule has 5 heteroatoms. The molecule has 4 nitrogen and oxygen atoms in total. The molecule has 1 saturated heterocycles. The van der Waals surface area contributed by atoms with Crippen LogP contribution in [0.5, 0.6) is 0 Å². The summed E-state index contributed by atoms with van der Waals surface area (Å²) >= 11 is 1.57. The minimum Gasteiger partial charge on any atom is -0.355 e. The van der Waals surface area contributed by atoms with Crippen molar-refractivity contribution in [2.24, 2.45) is 0 Å². The molecule has 0 aromatic rings. The monoisotopic (exact) mass is 259 g/mol. The Labute approximate surface area is 109 Å². The van der Waals surface area contributed by atoms with E-state index >= 15 is 0 Å². The second kappa shape index (κ2) is 7.95. The highest BCUT2D eigenvalue weighted by Gasteiger charge is 2.18. The van der Waals surface area contributed by atoms with E-state index in [1.807, 2.05) is 6.26 Å². The number of rotatable bonds is 6. The van der Waals surface area contributed by atoms with Crippen LogP contribution in [0.4, 0.5) is 0 Å². The summed E-state index contributed by atoms with van der Waals surface area (Å²) in [5.41, 5.74) is 0. The largest absolute Gasteiger partial charge is 0.355 e. The minimum atomic E-state index is 0.156. The Balaban J connectivity index is 2.12. The van der Waals surface area contributed by atoms with Gasteiger partial charge in [-0.25, -0.2) is 0 Å². The van der Waals surface area contributed by atoms with Crippen molar-refractivity contribution in [2.45, 2.75) is 19.4 Å². The van der Waals surface area contributed by atoms with Crippen molar-refractivity contribution in [3.05, 3.63) is 0 Å². The SMILES string of the molecule is CSCC(=O)NCCC(C)N1CCN(C)CC1. The molecule has 0 spiro atoms. The van der Waals surface area contributed by atoms with Gasteiger partial charge in [-0.05, 0) is 26.6 Å². The van der Waals surface area contributed by atoms with Gasteiger partial charge in [-0.15, -0.1) is 0 Å². The fourth-order valence-electron chi connectivity index (χ4n) is 2.05. The number of nitrogens with one attached hydrogen (secondary N) is 1. The van der Waals surface area contributed by atoms with Crippen LogP contribution in [0.15, 0.2) is 0 Å². The topological polar surface area (TPSA) is 35.6 Å². The molecule has 1 rings (SSSR count). The van der Waals surface area contributed by atoms with Crippen LogP contribution in [0, 0.1) is 0 Å². The van der Waals surface area contributed by atoms with Gasteiger partial charge in [-0.3, -0.25) is 9.69 Å². The quantitative estimate of drug-likeness (QED) is 0.753. The summed E-state index contributed by atoms with van der Waals surface area (Å²) < 4.78 is 0. The van der Waals surface area contributed by atoms with E-state index in [4.69, 9.17) is 0 Å². The summed E-state index contributed by atoms with van der Waals surface area (Å²) in [6.45, 7) is 7.66. The summed E-state index contributed by atoms with van der Waals surface area (Å²) in [5.74, 6) is 0.728. The number of piperazine rings is 1. The van der Waals surface area contributed by atoms with Gasteiger partial charge in [0.25, 0.3) is 0 Å². The van der Waals surface area contributed by atoms with E-state index in [-0.39, 0.29) is 5.91 Å². The lowest BCUT2D eigenvalue weighted by molar-refractivity contribution is -0.118. The summed E-state index contributed by atoms with van der Waals surface area (Å²) in [4.78, 5) is 16.2. The van der Waals surface area contributed by atoms with Gasteiger partial charge in [0, 0.05) is 38.8 Å². The van der Waals surface area contributed by atoms with E-state index in [1.54, 1.807) is 11.8 Å². The van der Waals surface area contributed by atoms with Crippen molar-refractivity contribution in [3.8, 4) is 0 Å². The average molecular weight is 259 g/mol. The normalized spacial score (nSPS) is 20.2. The van der Waals surface area contributed by atoms with Crippen LogP contribution in [0.25, 0.3) is 0 Å². The molecule has 100 valence electrons. The zero-order valence-electron chi connectivity index (χ0n) is 11.2. The molecule has 0 saturated carbocycles. The van der Waals surface area contributed by atoms with Crippen molar-refractivity contribution in [1.29, 1.82) is 0 Å². The van der Waals surface area contributed by atoms with E-state index < -0.39 is 0 Å². The van der Waals surface area contributed by atoms with Crippen LogP contribution in [-0.2, 0) is 4.79 Å². The molecule has 1 aliphatic rings. The van der Waals surface area contributed by atoms with E-state index in [0.29, 0.717) is 11.8 Å². The fraction of sp³-hybridized carbons (Fsp3) is 0.917. The molecule has 1 atom stereocenters. The molecule has 0 aromatic heterocycles. The molecular weight excluding hydrogens is 234 g/mol. The van der Waals surface area contributed by atoms with Gasteiger partial charge in [0.2, 0.25) is 5.91 Å². The number of carbonyl (C=O) groups is 1. The van der Waals surface area contributed by atoms with Crippen LogP contribution >= 0.6 is 11.8 Å². The molecule has 0 aliphatic carbocycles. The molecule has 1 fully saturated rings. The Morgan fingerprint density at radius 1 is 1.35 bits per heavy atom. The predicted molar refractivity (Wildman–Crippen MR) is 74.5 cm³/mol. The minimum absolute atomic E-state index is 0.156. The van der Waals surface area contributed by atoms with Gasteiger partial charge in [0.1, 0.15) is 0 Å². The molecule has 1 heterocycles. The maximum atomic E-state index is 11.3. The Kier molecular flexibility index (Phi) is 6.92. The molecule has 0 radical (unpaired) electrons. The maximum absolute atomic E-state index is 11.3. The zero-order chi connectivity index (χ0) is 12.7. The van der Waals surface area contributed by atoms with Gasteiger partial charge in [-0.1, -0.05) is 0 Å². The second-order valence-electron chi connectivity index (χ2n) is 4.76. The summed E-state index contributed by atoms with van der Waals surface area (Å²) in [6.07, 6.45) is 3.00. The van der Waals surface area contributed by atoms with Crippen molar-refractivity contribution >= 4 is 17.7 Å². The maximum Gasteiger partial charge on any atom is 0.229 e. The predicted octanol–water partition coefficient (Wildman–Crippen LogP) is 0.492. The van der Waals surface area contributed by atoms with Crippen LogP contribution < -0.4 is 5.32 Å². The molecular formula is C12H25N3OS. The third-order valence-electron chi connectivity index (χ3n) is 3.32. The first kappa shape index (κ1) is 14.8. The van der Waals surface area contributed by atoms with E-state index in [9.17, 15) is 4.79 Å². The molecule has 0 bridgehead atoms. The zero-order valence-corrected chi connectivity index (χ0v) is 12.1. The van der Waals surface area contributed by atoms with Crippen LogP contribution in [0.3, 0.4) is 0 Å². The molecule has 17 heavy (non-hydrogen) atoms. The molecule has 0 aromatic carbocycles. The van der Waals surface area contributed by atoms with Gasteiger partial charge in [-0.2, -0.15) is 11.8 Å². The molecule has 1 aliphatic heterocycles. The smallest absolute Gasteiger partial charge is 0.229 e. The van der Waals surface area contributed by atoms with E-state index in [0.717, 1.165) is 39.1 Å². The Morgan fingerprint density at radius 3 is 2.59 bits per heavy atom. The third-order valence-corrected chi connectivity index (χ3v) is 3.87. The highest BCUT2D eigenvalue weighted by atomic mass is 32.2. The first-order valence-electron chi connectivity index (χ1n) is 6.31. The van der Waals surface area contributed by atoms with E-state index in [1.165, 1.54) is 0 Å². The number of thioether (sulfide) groups is 1. The number of likely N-dealkylation sites (N-methyl/N-ethyl adjacent to an activating group) is 1. The van der Waals surface area contributed by atoms with Crippen LogP contribution in [0.2, 0.25) is 0 Å². The van der Waals surface area contributed by atoms with Gasteiger partial charge in [0.15, 0.2) is 0 Å².